The quantitative estimate of drug-likeness (QED) is 0.253. The van der Waals surface area contributed by atoms with Gasteiger partial charge < -0.3 is 15.2 Å². The number of para-hydroxylation sites is 2. The van der Waals surface area contributed by atoms with Gasteiger partial charge in [0.15, 0.2) is 5.69 Å². The molecule has 8 heteroatoms. The molecule has 7 nitrogen and oxygen atoms in total. The number of aromatic hydroxyl groups is 2. The van der Waals surface area contributed by atoms with Crippen LogP contribution in [0.1, 0.15) is 5.56 Å². The minimum atomic E-state index is -0.0829. The lowest BCUT2D eigenvalue weighted by atomic mass is 10.2. The van der Waals surface area contributed by atoms with Crippen molar-refractivity contribution in [1.82, 2.24) is 10.4 Å². The van der Waals surface area contributed by atoms with Crippen LogP contribution in [0.25, 0.3) is 10.9 Å². The number of phenolic OH excluding ortho intramolecular Hbond substituents is 1. The van der Waals surface area contributed by atoms with Gasteiger partial charge >= 0.3 is 0 Å². The van der Waals surface area contributed by atoms with Gasteiger partial charge in [0.1, 0.15) is 5.75 Å². The Labute approximate surface area is 142 Å². The number of aromatic nitrogens is 1. The highest BCUT2D eigenvalue weighted by Crippen LogP contribution is 2.35. The normalized spacial score (nSPS) is 11.5. The molecule has 3 aromatic rings. The van der Waals surface area contributed by atoms with Gasteiger partial charge in [-0.05, 0) is 30.4 Å². The lowest BCUT2D eigenvalue weighted by molar-refractivity contribution is 0.459. The van der Waals surface area contributed by atoms with E-state index in [0.717, 1.165) is 10.9 Å². The van der Waals surface area contributed by atoms with Crippen molar-refractivity contribution in [3.05, 3.63) is 54.1 Å². The maximum Gasteiger partial charge on any atom is 0.234 e. The lowest BCUT2D eigenvalue weighted by Gasteiger charge is -1.97. The number of fused-ring (bicyclic) bond motifs is 1. The number of nitrogens with one attached hydrogen (secondary N) is 2. The minimum absolute atomic E-state index is 0.0198. The molecule has 24 heavy (non-hydrogen) atoms. The Kier molecular flexibility index (Phi) is 4.48. The number of benzene rings is 2. The van der Waals surface area contributed by atoms with E-state index in [1.807, 2.05) is 24.3 Å². The molecule has 0 unspecified atom stereocenters. The zero-order valence-electron chi connectivity index (χ0n) is 12.3. The first-order chi connectivity index (χ1) is 11.6. The average molecular weight is 339 g/mol. The van der Waals surface area contributed by atoms with Crippen LogP contribution in [-0.4, -0.2) is 26.5 Å². The Morgan fingerprint density at radius 3 is 2.67 bits per heavy atom. The number of hydrogen-bond acceptors (Lipinski definition) is 5. The molecular formula is C16H13N5O2S. The van der Waals surface area contributed by atoms with E-state index in [-0.39, 0.29) is 16.7 Å². The molecule has 4 N–H and O–H groups in total. The number of rotatable bonds is 3. The van der Waals surface area contributed by atoms with Crippen molar-refractivity contribution >= 4 is 40.1 Å². The summed E-state index contributed by atoms with van der Waals surface area (Å²) in [6.45, 7) is 0. The van der Waals surface area contributed by atoms with Crippen LogP contribution in [0.5, 0.6) is 11.6 Å². The number of azo groups is 1. The molecule has 0 aliphatic heterocycles. The molecule has 1 heterocycles. The van der Waals surface area contributed by atoms with Gasteiger partial charge in [-0.1, -0.05) is 30.3 Å². The molecule has 1 aromatic heterocycles. The number of nitrogens with zero attached hydrogens (tertiary/aromatic N) is 3. The molecule has 0 radical (unpaired) electrons. The number of thiocarbonyl (C=S) groups is 1. The molecule has 2 aromatic carbocycles. The highest BCUT2D eigenvalue weighted by atomic mass is 32.1. The molecule has 0 aliphatic rings. The van der Waals surface area contributed by atoms with Crippen molar-refractivity contribution in [2.24, 2.45) is 15.3 Å². The number of phenols is 1. The second-order valence-corrected chi connectivity index (χ2v) is 5.19. The van der Waals surface area contributed by atoms with Crippen LogP contribution in [0.2, 0.25) is 0 Å². The van der Waals surface area contributed by atoms with E-state index in [2.05, 4.69) is 25.7 Å². The third-order valence-corrected chi connectivity index (χ3v) is 3.37. The van der Waals surface area contributed by atoms with Gasteiger partial charge in [-0.2, -0.15) is 5.10 Å². The smallest absolute Gasteiger partial charge is 0.234 e. The Hall–Kier alpha value is -3.26. The highest BCUT2D eigenvalue weighted by molar-refractivity contribution is 7.80. The second-order valence-electron chi connectivity index (χ2n) is 4.80. The van der Waals surface area contributed by atoms with Gasteiger partial charge in [-0.15, -0.1) is 10.2 Å². The third-order valence-electron chi connectivity index (χ3n) is 3.20. The first-order valence-electron chi connectivity index (χ1n) is 6.97. The molecular weight excluding hydrogens is 326 g/mol. The van der Waals surface area contributed by atoms with E-state index in [1.54, 1.807) is 24.3 Å². The Bertz CT molecular complexity index is 949. The van der Waals surface area contributed by atoms with Crippen LogP contribution in [0, 0.1) is 0 Å². The van der Waals surface area contributed by atoms with Gasteiger partial charge in [-0.3, -0.25) is 5.43 Å². The summed E-state index contributed by atoms with van der Waals surface area (Å²) in [5.74, 6) is 0.0276. The Balaban J connectivity index is 1.69. The highest BCUT2D eigenvalue weighted by Gasteiger charge is 2.09. The largest absolute Gasteiger partial charge is 0.507 e. The van der Waals surface area contributed by atoms with Crippen molar-refractivity contribution in [1.29, 1.82) is 0 Å². The van der Waals surface area contributed by atoms with Crippen molar-refractivity contribution in [2.75, 3.05) is 0 Å². The van der Waals surface area contributed by atoms with Gasteiger partial charge in [0.25, 0.3) is 0 Å². The predicted octanol–water partition coefficient (Wildman–Crippen LogP) is 3.57. The first-order valence-corrected chi connectivity index (χ1v) is 7.38. The number of hydrazone groups is 1. The summed E-state index contributed by atoms with van der Waals surface area (Å²) in [6.07, 6.45) is 1.42. The molecule has 0 spiro atoms. The maximum atomic E-state index is 9.87. The molecule has 0 amide bonds. The van der Waals surface area contributed by atoms with Gasteiger partial charge in [0.2, 0.25) is 11.0 Å². The summed E-state index contributed by atoms with van der Waals surface area (Å²) in [4.78, 5) is 2.80. The Morgan fingerprint density at radius 1 is 1.08 bits per heavy atom. The average Bonchev–Trinajstić information content (AvgIpc) is 2.90. The lowest BCUT2D eigenvalue weighted by Crippen LogP contribution is -2.11. The fourth-order valence-electron chi connectivity index (χ4n) is 2.09. The SMILES string of the molecule is Oc1ccccc1/C=N/NC(=S)N=Nc1c(O)[nH]c2ccccc12. The number of aromatic amines is 1. The van der Waals surface area contributed by atoms with Crippen LogP contribution in [0.3, 0.4) is 0 Å². The van der Waals surface area contributed by atoms with Gasteiger partial charge in [-0.25, -0.2) is 0 Å². The summed E-state index contributed by atoms with van der Waals surface area (Å²) < 4.78 is 0. The van der Waals surface area contributed by atoms with Crippen LogP contribution in [0.4, 0.5) is 5.69 Å². The molecule has 3 rings (SSSR count). The molecule has 120 valence electrons. The molecule has 0 fully saturated rings. The molecule has 0 saturated heterocycles. The zero-order valence-corrected chi connectivity index (χ0v) is 13.2. The maximum absolute atomic E-state index is 9.87. The Morgan fingerprint density at radius 2 is 1.83 bits per heavy atom. The third kappa shape index (κ3) is 3.39. The van der Waals surface area contributed by atoms with Crippen molar-refractivity contribution in [3.63, 3.8) is 0 Å². The van der Waals surface area contributed by atoms with Crippen molar-refractivity contribution in [3.8, 4) is 11.6 Å². The number of H-pyrrole nitrogens is 1. The molecule has 0 bridgehead atoms. The molecule has 0 atom stereocenters. The van der Waals surface area contributed by atoms with E-state index < -0.39 is 0 Å². The number of hydrogen-bond donors (Lipinski definition) is 4. The van der Waals surface area contributed by atoms with E-state index in [4.69, 9.17) is 12.2 Å². The fraction of sp³-hybridized carbons (Fsp3) is 0. The second kappa shape index (κ2) is 6.88. The summed E-state index contributed by atoms with van der Waals surface area (Å²) in [5.41, 5.74) is 4.12. The van der Waals surface area contributed by atoms with E-state index in [1.165, 1.54) is 6.21 Å². The van der Waals surface area contributed by atoms with Crippen molar-refractivity contribution in [2.45, 2.75) is 0 Å². The van der Waals surface area contributed by atoms with Crippen LogP contribution < -0.4 is 5.43 Å². The van der Waals surface area contributed by atoms with E-state index in [0.29, 0.717) is 11.3 Å². The summed E-state index contributed by atoms with van der Waals surface area (Å²) in [6, 6.07) is 14.1. The summed E-state index contributed by atoms with van der Waals surface area (Å²) in [5, 5.41) is 31.9. The topological polar surface area (TPSA) is 105 Å². The molecule has 0 aliphatic carbocycles. The zero-order chi connectivity index (χ0) is 16.9. The standard InChI is InChI=1S/C16H13N5O2S/c22-13-8-4-1-5-10(13)9-17-20-16(24)21-19-14-11-6-2-3-7-12(11)18-15(14)23/h1-9,18,22-23H,(H,20,24)/b17-9+,21-19?. The summed E-state index contributed by atoms with van der Waals surface area (Å²) >= 11 is 5.00. The van der Waals surface area contributed by atoms with E-state index >= 15 is 0 Å². The van der Waals surface area contributed by atoms with Gasteiger partial charge in [0, 0.05) is 10.9 Å². The summed E-state index contributed by atoms with van der Waals surface area (Å²) in [7, 11) is 0. The van der Waals surface area contributed by atoms with E-state index in [9.17, 15) is 10.2 Å². The monoisotopic (exact) mass is 339 g/mol. The van der Waals surface area contributed by atoms with Crippen LogP contribution >= 0.6 is 12.2 Å². The predicted molar refractivity (Wildman–Crippen MR) is 95.9 cm³/mol. The van der Waals surface area contributed by atoms with Crippen molar-refractivity contribution < 1.29 is 10.2 Å². The van der Waals surface area contributed by atoms with Crippen LogP contribution in [0.15, 0.2) is 63.9 Å². The molecule has 0 saturated carbocycles. The van der Waals surface area contributed by atoms with Gasteiger partial charge in [0.05, 0.1) is 11.7 Å². The first kappa shape index (κ1) is 15.6. The minimum Gasteiger partial charge on any atom is -0.507 e. The fourth-order valence-corrected chi connectivity index (χ4v) is 2.18. The van der Waals surface area contributed by atoms with Crippen LogP contribution in [-0.2, 0) is 0 Å².